The third-order valence-corrected chi connectivity index (χ3v) is 4.19. The first-order valence-corrected chi connectivity index (χ1v) is 7.71. The van der Waals surface area contributed by atoms with Gasteiger partial charge in [-0.3, -0.25) is 0 Å². The molecule has 1 aromatic carbocycles. The number of nitrogens with zero attached hydrogens (tertiary/aromatic N) is 2. The molecule has 1 saturated carbocycles. The summed E-state index contributed by atoms with van der Waals surface area (Å²) in [6, 6.07) is 10.3. The van der Waals surface area contributed by atoms with E-state index in [4.69, 9.17) is 0 Å². The van der Waals surface area contributed by atoms with Crippen molar-refractivity contribution in [3.8, 4) is 5.69 Å². The normalized spacial score (nSPS) is 15.8. The number of nitrogens with one attached hydrogen (secondary N) is 1. The highest BCUT2D eigenvalue weighted by atomic mass is 15.3. The van der Waals surface area contributed by atoms with Crippen LogP contribution >= 0.6 is 0 Å². The van der Waals surface area contributed by atoms with Crippen molar-refractivity contribution in [3.63, 3.8) is 0 Å². The maximum Gasteiger partial charge on any atom is 0.0645 e. The highest BCUT2D eigenvalue weighted by Crippen LogP contribution is 2.26. The van der Waals surface area contributed by atoms with Crippen molar-refractivity contribution in [1.82, 2.24) is 15.1 Å². The number of benzene rings is 1. The van der Waals surface area contributed by atoms with E-state index in [1.807, 2.05) is 29.1 Å². The fourth-order valence-corrected chi connectivity index (χ4v) is 3.01. The minimum atomic E-state index is 0.916. The zero-order valence-corrected chi connectivity index (χ0v) is 12.0. The fraction of sp³-hybridized carbons (Fsp3) is 0.471. The smallest absolute Gasteiger partial charge is 0.0645 e. The van der Waals surface area contributed by atoms with Crippen LogP contribution in [-0.4, -0.2) is 16.3 Å². The van der Waals surface area contributed by atoms with E-state index in [1.54, 1.807) is 0 Å². The van der Waals surface area contributed by atoms with Gasteiger partial charge in [-0.25, -0.2) is 4.68 Å². The van der Waals surface area contributed by atoms with Gasteiger partial charge in [-0.2, -0.15) is 5.10 Å². The first-order valence-electron chi connectivity index (χ1n) is 7.71. The molecular weight excluding hydrogens is 246 g/mol. The monoisotopic (exact) mass is 269 g/mol. The predicted octanol–water partition coefficient (Wildman–Crippen LogP) is 3.54. The Morgan fingerprint density at radius 2 is 1.95 bits per heavy atom. The molecule has 0 amide bonds. The molecule has 0 atom stereocenters. The lowest BCUT2D eigenvalue weighted by Gasteiger charge is -2.08. The van der Waals surface area contributed by atoms with Gasteiger partial charge in [0, 0.05) is 18.3 Å². The van der Waals surface area contributed by atoms with Crippen molar-refractivity contribution in [2.75, 3.05) is 6.54 Å². The first-order chi connectivity index (χ1) is 9.92. The van der Waals surface area contributed by atoms with Gasteiger partial charge in [-0.1, -0.05) is 43.9 Å². The Morgan fingerprint density at radius 3 is 2.75 bits per heavy atom. The average molecular weight is 269 g/mol. The second kappa shape index (κ2) is 6.71. The lowest BCUT2D eigenvalue weighted by atomic mass is 10.0. The molecule has 1 N–H and O–H groups in total. The van der Waals surface area contributed by atoms with Gasteiger partial charge in [0.25, 0.3) is 0 Å². The Balaban J connectivity index is 1.45. The highest BCUT2D eigenvalue weighted by Gasteiger charge is 2.13. The van der Waals surface area contributed by atoms with Crippen LogP contribution in [0, 0.1) is 5.92 Å². The van der Waals surface area contributed by atoms with Gasteiger partial charge in [-0.05, 0) is 31.0 Å². The van der Waals surface area contributed by atoms with Crippen molar-refractivity contribution in [3.05, 3.63) is 48.3 Å². The molecule has 1 aliphatic rings. The summed E-state index contributed by atoms with van der Waals surface area (Å²) in [6.45, 7) is 2.04. The SMILES string of the molecule is c1ccc(-n2cc(CNCCC3CCCC3)cn2)cc1. The van der Waals surface area contributed by atoms with Crippen molar-refractivity contribution in [1.29, 1.82) is 0 Å². The van der Waals surface area contributed by atoms with Crippen LogP contribution in [0.4, 0.5) is 0 Å². The van der Waals surface area contributed by atoms with Crippen molar-refractivity contribution >= 4 is 0 Å². The number of aromatic nitrogens is 2. The van der Waals surface area contributed by atoms with E-state index in [2.05, 4.69) is 28.7 Å². The number of rotatable bonds is 6. The van der Waals surface area contributed by atoms with Gasteiger partial charge in [0.15, 0.2) is 0 Å². The average Bonchev–Trinajstić information content (AvgIpc) is 3.16. The van der Waals surface area contributed by atoms with E-state index in [-0.39, 0.29) is 0 Å². The van der Waals surface area contributed by atoms with Crippen LogP contribution in [0.15, 0.2) is 42.7 Å². The molecule has 3 heteroatoms. The van der Waals surface area contributed by atoms with Crippen molar-refractivity contribution in [2.24, 2.45) is 5.92 Å². The number of hydrogen-bond acceptors (Lipinski definition) is 2. The summed E-state index contributed by atoms with van der Waals surface area (Å²) in [7, 11) is 0. The van der Waals surface area contributed by atoms with Gasteiger partial charge in [-0.15, -0.1) is 0 Å². The molecule has 2 aromatic rings. The van der Waals surface area contributed by atoms with Gasteiger partial charge in [0.1, 0.15) is 0 Å². The lowest BCUT2D eigenvalue weighted by molar-refractivity contribution is 0.477. The van der Waals surface area contributed by atoms with Crippen LogP contribution in [0.5, 0.6) is 0 Å². The Labute approximate surface area is 121 Å². The van der Waals surface area contributed by atoms with Gasteiger partial charge in [0.2, 0.25) is 0 Å². The summed E-state index contributed by atoms with van der Waals surface area (Å²) < 4.78 is 1.94. The third-order valence-electron chi connectivity index (χ3n) is 4.19. The summed E-state index contributed by atoms with van der Waals surface area (Å²) in [5.41, 5.74) is 2.37. The highest BCUT2D eigenvalue weighted by molar-refractivity contribution is 5.30. The zero-order chi connectivity index (χ0) is 13.6. The maximum absolute atomic E-state index is 4.42. The van der Waals surface area contributed by atoms with Crippen molar-refractivity contribution < 1.29 is 0 Å². The molecule has 0 unspecified atom stereocenters. The molecule has 0 aliphatic heterocycles. The summed E-state index contributed by atoms with van der Waals surface area (Å²) in [6.07, 6.45) is 11.1. The first kappa shape index (κ1) is 13.4. The fourth-order valence-electron chi connectivity index (χ4n) is 3.01. The lowest BCUT2D eigenvalue weighted by Crippen LogP contribution is -2.16. The molecule has 106 valence electrons. The molecular formula is C17H23N3. The summed E-state index contributed by atoms with van der Waals surface area (Å²) in [5.74, 6) is 0.967. The van der Waals surface area contributed by atoms with E-state index >= 15 is 0 Å². The Hall–Kier alpha value is -1.61. The second-order valence-electron chi connectivity index (χ2n) is 5.74. The number of hydrogen-bond donors (Lipinski definition) is 1. The molecule has 20 heavy (non-hydrogen) atoms. The standard InChI is InChI=1S/C17H23N3/c1-2-8-17(9-3-1)20-14-16(13-19-20)12-18-11-10-15-6-4-5-7-15/h1-3,8-9,13-15,18H,4-7,10-12H2. The molecule has 0 spiro atoms. The van der Waals surface area contributed by atoms with E-state index in [0.717, 1.165) is 24.7 Å². The molecule has 1 aromatic heterocycles. The number of para-hydroxylation sites is 1. The van der Waals surface area contributed by atoms with Gasteiger partial charge >= 0.3 is 0 Å². The Morgan fingerprint density at radius 1 is 1.15 bits per heavy atom. The van der Waals surface area contributed by atoms with E-state index < -0.39 is 0 Å². The minimum absolute atomic E-state index is 0.916. The molecule has 1 fully saturated rings. The summed E-state index contributed by atoms with van der Waals surface area (Å²) >= 11 is 0. The quantitative estimate of drug-likeness (QED) is 0.813. The zero-order valence-electron chi connectivity index (χ0n) is 12.0. The second-order valence-corrected chi connectivity index (χ2v) is 5.74. The molecule has 0 radical (unpaired) electrons. The Bertz CT molecular complexity index is 512. The van der Waals surface area contributed by atoms with E-state index in [9.17, 15) is 0 Å². The van der Waals surface area contributed by atoms with Gasteiger partial charge < -0.3 is 5.32 Å². The van der Waals surface area contributed by atoms with Crippen LogP contribution in [0.3, 0.4) is 0 Å². The van der Waals surface area contributed by atoms with Crippen LogP contribution in [0.25, 0.3) is 5.69 Å². The van der Waals surface area contributed by atoms with Crippen LogP contribution in [0.1, 0.15) is 37.7 Å². The predicted molar refractivity (Wildman–Crippen MR) is 81.8 cm³/mol. The van der Waals surface area contributed by atoms with Crippen LogP contribution in [0.2, 0.25) is 0 Å². The van der Waals surface area contributed by atoms with Crippen LogP contribution in [-0.2, 0) is 6.54 Å². The molecule has 3 nitrogen and oxygen atoms in total. The molecule has 0 bridgehead atoms. The summed E-state index contributed by atoms with van der Waals surface area (Å²) in [4.78, 5) is 0. The molecule has 3 rings (SSSR count). The topological polar surface area (TPSA) is 29.9 Å². The van der Waals surface area contributed by atoms with Crippen LogP contribution < -0.4 is 5.32 Å². The van der Waals surface area contributed by atoms with Gasteiger partial charge in [0.05, 0.1) is 11.9 Å². The largest absolute Gasteiger partial charge is 0.313 e. The maximum atomic E-state index is 4.42. The minimum Gasteiger partial charge on any atom is -0.313 e. The third kappa shape index (κ3) is 3.48. The van der Waals surface area contributed by atoms with Crippen molar-refractivity contribution in [2.45, 2.75) is 38.6 Å². The van der Waals surface area contributed by atoms with E-state index in [1.165, 1.54) is 37.7 Å². The molecule has 1 aliphatic carbocycles. The summed E-state index contributed by atoms with van der Waals surface area (Å²) in [5, 5.41) is 7.96. The molecule has 1 heterocycles. The Kier molecular flexibility index (Phi) is 4.49. The molecule has 0 saturated heterocycles. The van der Waals surface area contributed by atoms with E-state index in [0.29, 0.717) is 0 Å².